The third kappa shape index (κ3) is 3.18. The van der Waals surface area contributed by atoms with Gasteiger partial charge in [0.05, 0.1) is 5.69 Å². The van der Waals surface area contributed by atoms with Crippen LogP contribution in [-0.2, 0) is 10.0 Å². The zero-order chi connectivity index (χ0) is 12.3. The first-order chi connectivity index (χ1) is 8.07. The summed E-state index contributed by atoms with van der Waals surface area (Å²) in [4.78, 5) is 0.158. The molecule has 0 aliphatic carbocycles. The summed E-state index contributed by atoms with van der Waals surface area (Å²) in [5, 5.41) is 11.6. The molecule has 6 heteroatoms. The molecule has 1 heterocycles. The summed E-state index contributed by atoms with van der Waals surface area (Å²) in [5.41, 5.74) is 0.585. The lowest BCUT2D eigenvalue weighted by atomic mass is 10.1. The second kappa shape index (κ2) is 5.03. The standard InChI is InChI=1S/C11H17N3O2S/c12-17(15,16)11-4-2-1-3-10(11)14-8-9-5-6-13-7-9/h1-4,9,13-14H,5-8H2,(H2,12,15,16). The van der Waals surface area contributed by atoms with Gasteiger partial charge in [0.1, 0.15) is 4.90 Å². The number of rotatable bonds is 4. The summed E-state index contributed by atoms with van der Waals surface area (Å²) in [6.07, 6.45) is 1.12. The van der Waals surface area contributed by atoms with E-state index >= 15 is 0 Å². The number of primary sulfonamides is 1. The Labute approximate surface area is 101 Å². The monoisotopic (exact) mass is 255 g/mol. The van der Waals surface area contributed by atoms with Crippen molar-refractivity contribution in [2.45, 2.75) is 11.3 Å². The van der Waals surface area contributed by atoms with Gasteiger partial charge in [-0.15, -0.1) is 0 Å². The first-order valence-electron chi connectivity index (χ1n) is 5.64. The van der Waals surface area contributed by atoms with E-state index < -0.39 is 10.0 Å². The molecule has 94 valence electrons. The van der Waals surface area contributed by atoms with E-state index in [2.05, 4.69) is 10.6 Å². The first kappa shape index (κ1) is 12.3. The van der Waals surface area contributed by atoms with Crippen LogP contribution in [-0.4, -0.2) is 28.1 Å². The quantitative estimate of drug-likeness (QED) is 0.725. The lowest BCUT2D eigenvalue weighted by Gasteiger charge is -2.13. The summed E-state index contributed by atoms with van der Waals surface area (Å²) in [5.74, 6) is 0.545. The van der Waals surface area contributed by atoms with E-state index in [9.17, 15) is 8.42 Å². The van der Waals surface area contributed by atoms with Crippen LogP contribution < -0.4 is 15.8 Å². The van der Waals surface area contributed by atoms with E-state index in [0.717, 1.165) is 26.1 Å². The highest BCUT2D eigenvalue weighted by atomic mass is 32.2. The lowest BCUT2D eigenvalue weighted by Crippen LogP contribution is -2.20. The number of anilines is 1. The van der Waals surface area contributed by atoms with Gasteiger partial charge in [0.2, 0.25) is 10.0 Å². The van der Waals surface area contributed by atoms with Crippen LogP contribution in [0.4, 0.5) is 5.69 Å². The van der Waals surface area contributed by atoms with Gasteiger partial charge in [-0.1, -0.05) is 12.1 Å². The SMILES string of the molecule is NS(=O)(=O)c1ccccc1NCC1CCNC1. The largest absolute Gasteiger partial charge is 0.384 e. The molecule has 4 N–H and O–H groups in total. The molecule has 0 spiro atoms. The van der Waals surface area contributed by atoms with Gasteiger partial charge in [0.25, 0.3) is 0 Å². The highest BCUT2D eigenvalue weighted by Crippen LogP contribution is 2.20. The molecule has 1 aromatic rings. The molecule has 1 aliphatic rings. The Kier molecular flexibility index (Phi) is 3.66. The Morgan fingerprint density at radius 1 is 1.41 bits per heavy atom. The van der Waals surface area contributed by atoms with Crippen LogP contribution in [0.15, 0.2) is 29.2 Å². The van der Waals surface area contributed by atoms with Crippen LogP contribution in [0.3, 0.4) is 0 Å². The molecule has 1 aliphatic heterocycles. The smallest absolute Gasteiger partial charge is 0.240 e. The van der Waals surface area contributed by atoms with Crippen molar-refractivity contribution in [3.63, 3.8) is 0 Å². The van der Waals surface area contributed by atoms with Crippen molar-refractivity contribution in [2.75, 3.05) is 25.0 Å². The summed E-state index contributed by atoms with van der Waals surface area (Å²) in [7, 11) is -3.66. The average Bonchev–Trinajstić information content (AvgIpc) is 2.78. The molecule has 1 atom stereocenters. The summed E-state index contributed by atoms with van der Waals surface area (Å²) in [6, 6.07) is 6.72. The van der Waals surface area contributed by atoms with Gasteiger partial charge < -0.3 is 10.6 Å². The molecule has 17 heavy (non-hydrogen) atoms. The fourth-order valence-electron chi connectivity index (χ4n) is 2.00. The number of nitrogens with one attached hydrogen (secondary N) is 2. The van der Waals surface area contributed by atoms with Crippen molar-refractivity contribution in [1.82, 2.24) is 5.32 Å². The molecule has 0 radical (unpaired) electrons. The van der Waals surface area contributed by atoms with E-state index in [1.807, 2.05) is 0 Å². The molecule has 2 rings (SSSR count). The number of benzene rings is 1. The molecular formula is C11H17N3O2S. The minimum Gasteiger partial charge on any atom is -0.384 e. The average molecular weight is 255 g/mol. The normalized spacial score (nSPS) is 20.4. The second-order valence-corrected chi connectivity index (χ2v) is 5.81. The van der Waals surface area contributed by atoms with Crippen molar-refractivity contribution in [3.8, 4) is 0 Å². The molecule has 0 aromatic heterocycles. The van der Waals surface area contributed by atoms with Gasteiger partial charge in [-0.2, -0.15) is 0 Å². The Morgan fingerprint density at radius 2 is 2.18 bits per heavy atom. The summed E-state index contributed by atoms with van der Waals surface area (Å²) < 4.78 is 22.8. The van der Waals surface area contributed by atoms with Gasteiger partial charge in [0.15, 0.2) is 0 Å². The molecule has 1 saturated heterocycles. The maximum atomic E-state index is 11.4. The van der Waals surface area contributed by atoms with Crippen LogP contribution in [0, 0.1) is 5.92 Å². The van der Waals surface area contributed by atoms with E-state index in [1.165, 1.54) is 6.07 Å². The van der Waals surface area contributed by atoms with Crippen molar-refractivity contribution < 1.29 is 8.42 Å². The van der Waals surface area contributed by atoms with Crippen LogP contribution in [0.2, 0.25) is 0 Å². The molecule has 0 bridgehead atoms. The first-order valence-corrected chi connectivity index (χ1v) is 7.18. The third-order valence-corrected chi connectivity index (χ3v) is 3.91. The van der Waals surface area contributed by atoms with Gasteiger partial charge in [-0.3, -0.25) is 0 Å². The number of hydrogen-bond acceptors (Lipinski definition) is 4. The van der Waals surface area contributed by atoms with E-state index in [0.29, 0.717) is 11.6 Å². The van der Waals surface area contributed by atoms with Gasteiger partial charge in [0, 0.05) is 6.54 Å². The summed E-state index contributed by atoms with van der Waals surface area (Å²) in [6.45, 7) is 2.77. The Morgan fingerprint density at radius 3 is 2.82 bits per heavy atom. The minimum atomic E-state index is -3.66. The van der Waals surface area contributed by atoms with Gasteiger partial charge >= 0.3 is 0 Å². The molecular weight excluding hydrogens is 238 g/mol. The minimum absolute atomic E-state index is 0.158. The summed E-state index contributed by atoms with van der Waals surface area (Å²) >= 11 is 0. The molecule has 1 unspecified atom stereocenters. The molecule has 1 fully saturated rings. The second-order valence-electron chi connectivity index (χ2n) is 4.28. The number of para-hydroxylation sites is 1. The fraction of sp³-hybridized carbons (Fsp3) is 0.455. The van der Waals surface area contributed by atoms with Crippen molar-refractivity contribution in [1.29, 1.82) is 0 Å². The maximum Gasteiger partial charge on any atom is 0.240 e. The van der Waals surface area contributed by atoms with Crippen LogP contribution in [0.25, 0.3) is 0 Å². The number of sulfonamides is 1. The zero-order valence-electron chi connectivity index (χ0n) is 9.52. The molecule has 1 aromatic carbocycles. The topological polar surface area (TPSA) is 84.2 Å². The lowest BCUT2D eigenvalue weighted by molar-refractivity contribution is 0.596. The predicted octanol–water partition coefficient (Wildman–Crippen LogP) is 0.355. The van der Waals surface area contributed by atoms with Crippen molar-refractivity contribution in [3.05, 3.63) is 24.3 Å². The van der Waals surface area contributed by atoms with E-state index in [1.54, 1.807) is 18.2 Å². The highest BCUT2D eigenvalue weighted by Gasteiger charge is 2.16. The van der Waals surface area contributed by atoms with Crippen LogP contribution in [0.1, 0.15) is 6.42 Å². The molecule has 0 amide bonds. The van der Waals surface area contributed by atoms with E-state index in [-0.39, 0.29) is 4.90 Å². The van der Waals surface area contributed by atoms with Gasteiger partial charge in [-0.25, -0.2) is 13.6 Å². The predicted molar refractivity (Wildman–Crippen MR) is 67.3 cm³/mol. The zero-order valence-corrected chi connectivity index (χ0v) is 10.3. The maximum absolute atomic E-state index is 11.4. The number of hydrogen-bond donors (Lipinski definition) is 3. The Bertz CT molecular complexity index is 481. The van der Waals surface area contributed by atoms with Crippen LogP contribution >= 0.6 is 0 Å². The van der Waals surface area contributed by atoms with Crippen molar-refractivity contribution in [2.24, 2.45) is 11.1 Å². The Hall–Kier alpha value is -1.11. The third-order valence-electron chi connectivity index (χ3n) is 2.94. The highest BCUT2D eigenvalue weighted by molar-refractivity contribution is 7.89. The number of nitrogens with two attached hydrogens (primary N) is 1. The fourth-order valence-corrected chi connectivity index (χ4v) is 2.72. The van der Waals surface area contributed by atoms with Gasteiger partial charge in [-0.05, 0) is 37.6 Å². The Balaban J connectivity index is 2.09. The molecule has 0 saturated carbocycles. The molecule has 5 nitrogen and oxygen atoms in total. The van der Waals surface area contributed by atoms with E-state index in [4.69, 9.17) is 5.14 Å². The van der Waals surface area contributed by atoms with Crippen molar-refractivity contribution >= 4 is 15.7 Å². The van der Waals surface area contributed by atoms with Crippen LogP contribution in [0.5, 0.6) is 0 Å².